The van der Waals surface area contributed by atoms with Crippen molar-refractivity contribution in [2.24, 2.45) is 0 Å². The Morgan fingerprint density at radius 2 is 2.20 bits per heavy atom. The number of nitro benzene ring substituents is 1. The highest BCUT2D eigenvalue weighted by atomic mass is 35.5. The maximum absolute atomic E-state index is 12.3. The van der Waals surface area contributed by atoms with Gasteiger partial charge in [-0.3, -0.25) is 14.9 Å². The van der Waals surface area contributed by atoms with Gasteiger partial charge in [-0.2, -0.15) is 17.0 Å². The number of esters is 1. The zero-order chi connectivity index (χ0) is 19.0. The molecular formula is C15H16ClN3O5S. The minimum Gasteiger partial charge on any atom is -0.446 e. The molecule has 134 valence electrons. The molecule has 25 heavy (non-hydrogen) atoms. The van der Waals surface area contributed by atoms with Crippen molar-refractivity contribution in [2.75, 3.05) is 12.0 Å². The molecule has 1 amide bonds. The molecule has 0 aliphatic rings. The summed E-state index contributed by atoms with van der Waals surface area (Å²) in [4.78, 5) is 34.5. The first kappa shape index (κ1) is 20.7. The van der Waals surface area contributed by atoms with Crippen LogP contribution in [0.3, 0.4) is 0 Å². The van der Waals surface area contributed by atoms with Crippen LogP contribution >= 0.6 is 23.4 Å². The van der Waals surface area contributed by atoms with Gasteiger partial charge < -0.3 is 10.1 Å². The van der Waals surface area contributed by atoms with E-state index in [0.29, 0.717) is 12.2 Å². The second kappa shape index (κ2) is 9.86. The first-order valence-corrected chi connectivity index (χ1v) is 8.91. The highest BCUT2D eigenvalue weighted by Crippen LogP contribution is 2.22. The van der Waals surface area contributed by atoms with E-state index in [0.717, 1.165) is 12.1 Å². The zero-order valence-electron chi connectivity index (χ0n) is 13.5. The van der Waals surface area contributed by atoms with Gasteiger partial charge >= 0.3 is 5.97 Å². The van der Waals surface area contributed by atoms with E-state index in [9.17, 15) is 19.7 Å². The third-order valence-corrected chi connectivity index (χ3v) is 4.04. The van der Waals surface area contributed by atoms with Crippen molar-refractivity contribution in [1.82, 2.24) is 5.32 Å². The van der Waals surface area contributed by atoms with E-state index >= 15 is 0 Å². The smallest absolute Gasteiger partial charge is 0.329 e. The third-order valence-electron chi connectivity index (χ3n) is 3.08. The van der Waals surface area contributed by atoms with E-state index in [2.05, 4.69) is 5.32 Å². The average Bonchev–Trinajstić information content (AvgIpc) is 2.57. The van der Waals surface area contributed by atoms with Crippen molar-refractivity contribution < 1.29 is 19.2 Å². The highest BCUT2D eigenvalue weighted by Gasteiger charge is 2.25. The number of thioether (sulfide) groups is 1. The van der Waals surface area contributed by atoms with Gasteiger partial charge in [0.2, 0.25) is 0 Å². The van der Waals surface area contributed by atoms with Gasteiger partial charge in [0.25, 0.3) is 11.6 Å². The lowest BCUT2D eigenvalue weighted by molar-refractivity contribution is -0.384. The number of carbonyl (C=O) groups is 2. The molecular weight excluding hydrogens is 370 g/mol. The summed E-state index contributed by atoms with van der Waals surface area (Å²) in [5.74, 6) is -0.809. The minimum atomic E-state index is -0.956. The summed E-state index contributed by atoms with van der Waals surface area (Å²) in [5.41, 5.74) is -0.245. The van der Waals surface area contributed by atoms with Crippen molar-refractivity contribution in [3.8, 4) is 6.07 Å². The molecule has 1 N–H and O–H groups in total. The summed E-state index contributed by atoms with van der Waals surface area (Å²) in [6, 6.07) is 4.23. The van der Waals surface area contributed by atoms with Gasteiger partial charge in [-0.1, -0.05) is 11.6 Å². The molecule has 1 rings (SSSR count). The van der Waals surface area contributed by atoms with Crippen molar-refractivity contribution in [1.29, 1.82) is 5.26 Å². The number of hydrogen-bond acceptors (Lipinski definition) is 7. The molecule has 0 saturated carbocycles. The summed E-state index contributed by atoms with van der Waals surface area (Å²) >= 11 is 7.39. The van der Waals surface area contributed by atoms with Crippen LogP contribution in [0.5, 0.6) is 0 Å². The second-order valence-electron chi connectivity index (χ2n) is 4.94. The number of benzene rings is 1. The second-order valence-corrected chi connectivity index (χ2v) is 6.33. The molecule has 0 fully saturated rings. The van der Waals surface area contributed by atoms with E-state index < -0.39 is 28.9 Å². The molecule has 0 radical (unpaired) electrons. The average molecular weight is 386 g/mol. The van der Waals surface area contributed by atoms with Gasteiger partial charge in [0.15, 0.2) is 6.10 Å². The highest BCUT2D eigenvalue weighted by molar-refractivity contribution is 7.98. The first-order chi connectivity index (χ1) is 11.8. The van der Waals surface area contributed by atoms with Crippen LogP contribution in [-0.2, 0) is 9.53 Å². The molecule has 8 nitrogen and oxygen atoms in total. The number of non-ortho nitro benzene ring substituents is 1. The van der Waals surface area contributed by atoms with E-state index in [-0.39, 0.29) is 16.3 Å². The van der Waals surface area contributed by atoms with Gasteiger partial charge in [-0.25, -0.2) is 4.79 Å². The van der Waals surface area contributed by atoms with E-state index in [1.54, 1.807) is 6.07 Å². The lowest BCUT2D eigenvalue weighted by atomic mass is 10.1. The SMILES string of the molecule is CSCC[C@@H](NC(=O)c1ccc([N+](=O)[O-])cc1Cl)C(=O)O[C@@H](C)C#N. The number of nitrogens with one attached hydrogen (secondary N) is 1. The number of ether oxygens (including phenoxy) is 1. The normalized spacial score (nSPS) is 12.6. The summed E-state index contributed by atoms with van der Waals surface area (Å²) in [6.45, 7) is 1.42. The Balaban J connectivity index is 2.92. The van der Waals surface area contributed by atoms with E-state index in [1.165, 1.54) is 24.8 Å². The molecule has 10 heteroatoms. The predicted molar refractivity (Wildman–Crippen MR) is 93.5 cm³/mol. The van der Waals surface area contributed by atoms with Gasteiger partial charge in [0.1, 0.15) is 12.1 Å². The molecule has 0 bridgehead atoms. The number of carbonyl (C=O) groups excluding carboxylic acids is 2. The number of amides is 1. The molecule has 0 aromatic heterocycles. The fourth-order valence-electron chi connectivity index (χ4n) is 1.81. The van der Waals surface area contributed by atoms with Gasteiger partial charge in [0, 0.05) is 12.1 Å². The number of hydrogen-bond donors (Lipinski definition) is 1. The summed E-state index contributed by atoms with van der Waals surface area (Å²) in [7, 11) is 0. The maximum atomic E-state index is 12.3. The van der Waals surface area contributed by atoms with Crippen LogP contribution in [0, 0.1) is 21.4 Å². The van der Waals surface area contributed by atoms with E-state index in [4.69, 9.17) is 21.6 Å². The standard InChI is InChI=1S/C15H16ClN3O5S/c1-9(8-17)24-15(21)13(5-6-25-2)18-14(20)11-4-3-10(19(22)23)7-12(11)16/h3-4,7,9,13H,5-6H2,1-2H3,(H,18,20)/t9-,13+/m0/s1. The molecule has 2 atom stereocenters. The molecule has 0 aliphatic carbocycles. The van der Waals surface area contributed by atoms with Crippen LogP contribution in [0.2, 0.25) is 5.02 Å². The molecule has 0 heterocycles. The van der Waals surface area contributed by atoms with Crippen molar-refractivity contribution in [3.63, 3.8) is 0 Å². The molecule has 0 saturated heterocycles. The number of nitriles is 1. The van der Waals surface area contributed by atoms with Crippen LogP contribution in [0.4, 0.5) is 5.69 Å². The molecule has 1 aromatic carbocycles. The third kappa shape index (κ3) is 6.25. The Hall–Kier alpha value is -2.31. The minimum absolute atomic E-state index is 0.00236. The Morgan fingerprint density at radius 1 is 1.52 bits per heavy atom. The molecule has 0 unspecified atom stereocenters. The van der Waals surface area contributed by atoms with Crippen molar-refractivity contribution >= 4 is 40.9 Å². The maximum Gasteiger partial charge on any atom is 0.329 e. The summed E-state index contributed by atoms with van der Waals surface area (Å²) < 4.78 is 4.93. The van der Waals surface area contributed by atoms with Crippen molar-refractivity contribution in [2.45, 2.75) is 25.5 Å². The van der Waals surface area contributed by atoms with Crippen LogP contribution in [0.1, 0.15) is 23.7 Å². The topological polar surface area (TPSA) is 122 Å². The van der Waals surface area contributed by atoms with Crippen molar-refractivity contribution in [3.05, 3.63) is 38.9 Å². The van der Waals surface area contributed by atoms with Crippen LogP contribution < -0.4 is 5.32 Å². The Kier molecular flexibility index (Phi) is 8.18. The fourth-order valence-corrected chi connectivity index (χ4v) is 2.54. The van der Waals surface area contributed by atoms with Gasteiger partial charge in [-0.05, 0) is 31.4 Å². The Bertz CT molecular complexity index is 707. The van der Waals surface area contributed by atoms with Gasteiger partial charge in [0.05, 0.1) is 15.5 Å². The zero-order valence-corrected chi connectivity index (χ0v) is 15.1. The quantitative estimate of drug-likeness (QED) is 0.414. The predicted octanol–water partition coefficient (Wildman–Crippen LogP) is 2.55. The first-order valence-electron chi connectivity index (χ1n) is 7.14. The summed E-state index contributed by atoms with van der Waals surface area (Å²) in [6.07, 6.45) is 1.20. The number of nitrogens with zero attached hydrogens (tertiary/aromatic N) is 2. The lowest BCUT2D eigenvalue weighted by Crippen LogP contribution is -2.43. The molecule has 0 spiro atoms. The number of halogens is 1. The van der Waals surface area contributed by atoms with E-state index in [1.807, 2.05) is 6.26 Å². The monoisotopic (exact) mass is 385 g/mol. The van der Waals surface area contributed by atoms with Crippen LogP contribution in [-0.4, -0.2) is 41.0 Å². The van der Waals surface area contributed by atoms with Gasteiger partial charge in [-0.15, -0.1) is 0 Å². The fraction of sp³-hybridized carbons (Fsp3) is 0.400. The Labute approximate surface area is 153 Å². The summed E-state index contributed by atoms with van der Waals surface area (Å²) in [5, 5.41) is 21.8. The molecule has 1 aromatic rings. The van der Waals surface area contributed by atoms with Crippen LogP contribution in [0.15, 0.2) is 18.2 Å². The number of rotatable bonds is 8. The Morgan fingerprint density at radius 3 is 2.72 bits per heavy atom. The van der Waals surface area contributed by atoms with Crippen LogP contribution in [0.25, 0.3) is 0 Å². The molecule has 0 aliphatic heterocycles. The number of nitro groups is 1. The lowest BCUT2D eigenvalue weighted by Gasteiger charge is -2.18. The largest absolute Gasteiger partial charge is 0.446 e.